The van der Waals surface area contributed by atoms with Crippen LogP contribution in [0.1, 0.15) is 129 Å². The molecule has 0 spiro atoms. The van der Waals surface area contributed by atoms with Crippen LogP contribution in [-0.2, 0) is 4.74 Å². The summed E-state index contributed by atoms with van der Waals surface area (Å²) in [6.45, 7) is 6.18. The summed E-state index contributed by atoms with van der Waals surface area (Å²) in [6.07, 6.45) is 35.2. The molecule has 31 heavy (non-hydrogen) atoms. The Kier molecular flexibility index (Phi) is 15.4. The first-order valence-corrected chi connectivity index (χ1v) is 14.2. The highest BCUT2D eigenvalue weighted by Gasteiger charge is 2.19. The van der Waals surface area contributed by atoms with Crippen molar-refractivity contribution in [3.8, 4) is 0 Å². The van der Waals surface area contributed by atoms with Gasteiger partial charge in [0.25, 0.3) is 0 Å². The predicted molar refractivity (Wildman–Crippen MR) is 138 cm³/mol. The van der Waals surface area contributed by atoms with Gasteiger partial charge in [0.1, 0.15) is 0 Å². The second-order valence-corrected chi connectivity index (χ2v) is 10.7. The van der Waals surface area contributed by atoms with Crippen LogP contribution in [0.5, 0.6) is 0 Å². The molecule has 0 bridgehead atoms. The molecule has 0 N–H and O–H groups in total. The summed E-state index contributed by atoms with van der Waals surface area (Å²) in [5.74, 6) is 3.64. The van der Waals surface area contributed by atoms with Gasteiger partial charge in [-0.2, -0.15) is 0 Å². The Morgan fingerprint density at radius 3 is 1.35 bits per heavy atom. The minimum absolute atomic E-state index is 0.784. The van der Waals surface area contributed by atoms with Crippen LogP contribution in [0.15, 0.2) is 24.3 Å². The average molecular weight is 431 g/mol. The van der Waals surface area contributed by atoms with Gasteiger partial charge in [-0.05, 0) is 75.0 Å². The zero-order chi connectivity index (χ0) is 22.0. The van der Waals surface area contributed by atoms with E-state index in [1.165, 1.54) is 116 Å². The fourth-order valence-corrected chi connectivity index (χ4v) is 5.76. The largest absolute Gasteiger partial charge is 0.373 e. The molecule has 1 heteroatoms. The van der Waals surface area contributed by atoms with Gasteiger partial charge in [0.05, 0.1) is 13.2 Å². The zero-order valence-corrected chi connectivity index (χ0v) is 21.2. The van der Waals surface area contributed by atoms with Crippen molar-refractivity contribution in [3.63, 3.8) is 0 Å². The maximum atomic E-state index is 5.84. The fourth-order valence-electron chi connectivity index (χ4n) is 5.76. The molecular weight excluding hydrogens is 376 g/mol. The number of ether oxygens (including phenoxy) is 1. The molecule has 2 saturated carbocycles. The van der Waals surface area contributed by atoms with Crippen molar-refractivity contribution in [3.05, 3.63) is 24.3 Å². The molecule has 0 saturated heterocycles. The lowest BCUT2D eigenvalue weighted by Crippen LogP contribution is -2.13. The molecule has 2 rings (SSSR count). The van der Waals surface area contributed by atoms with Crippen LogP contribution >= 0.6 is 0 Å². The van der Waals surface area contributed by atoms with Gasteiger partial charge in [-0.25, -0.2) is 0 Å². The normalized spacial score (nSPS) is 27.4. The molecule has 0 aromatic rings. The molecule has 0 unspecified atom stereocenters. The summed E-state index contributed by atoms with van der Waals surface area (Å²) in [5.41, 5.74) is 0. The molecule has 2 aliphatic rings. The summed E-state index contributed by atoms with van der Waals surface area (Å²) in [6, 6.07) is 0. The van der Waals surface area contributed by atoms with Crippen molar-refractivity contribution >= 4 is 0 Å². The van der Waals surface area contributed by atoms with Crippen LogP contribution in [0.4, 0.5) is 0 Å². The van der Waals surface area contributed by atoms with Gasteiger partial charge in [-0.3, -0.25) is 0 Å². The lowest BCUT2D eigenvalue weighted by molar-refractivity contribution is 0.192. The van der Waals surface area contributed by atoms with E-state index in [0.717, 1.165) is 36.9 Å². The highest BCUT2D eigenvalue weighted by Crippen LogP contribution is 2.33. The third kappa shape index (κ3) is 12.9. The van der Waals surface area contributed by atoms with Crippen LogP contribution in [0, 0.1) is 23.7 Å². The van der Waals surface area contributed by atoms with Crippen molar-refractivity contribution in [1.82, 2.24) is 0 Å². The third-order valence-electron chi connectivity index (χ3n) is 7.96. The smallest absolute Gasteiger partial charge is 0.0651 e. The summed E-state index contributed by atoms with van der Waals surface area (Å²) < 4.78 is 5.84. The first kappa shape index (κ1) is 26.7. The van der Waals surface area contributed by atoms with Crippen LogP contribution in [0.3, 0.4) is 0 Å². The monoisotopic (exact) mass is 430 g/mol. The zero-order valence-electron chi connectivity index (χ0n) is 21.2. The number of hydrogen-bond donors (Lipinski definition) is 0. The Balaban J connectivity index is 1.43. The van der Waals surface area contributed by atoms with Crippen LogP contribution in [-0.4, -0.2) is 13.2 Å². The van der Waals surface area contributed by atoms with Gasteiger partial charge < -0.3 is 4.74 Å². The second-order valence-electron chi connectivity index (χ2n) is 10.7. The maximum Gasteiger partial charge on any atom is 0.0651 e. The molecule has 0 aliphatic heterocycles. The molecule has 0 atom stereocenters. The van der Waals surface area contributed by atoms with E-state index in [1.54, 1.807) is 0 Å². The molecule has 0 aromatic heterocycles. The number of rotatable bonds is 16. The Morgan fingerprint density at radius 2 is 0.968 bits per heavy atom. The van der Waals surface area contributed by atoms with E-state index in [4.69, 9.17) is 4.74 Å². The van der Waals surface area contributed by atoms with Crippen molar-refractivity contribution < 1.29 is 4.74 Å². The van der Waals surface area contributed by atoms with E-state index in [9.17, 15) is 0 Å². The van der Waals surface area contributed by atoms with E-state index in [1.807, 2.05) is 0 Å². The average Bonchev–Trinajstić information content (AvgIpc) is 2.81. The maximum absolute atomic E-state index is 5.84. The quantitative estimate of drug-likeness (QED) is 0.175. The molecule has 2 fully saturated rings. The molecule has 0 heterocycles. The van der Waals surface area contributed by atoms with E-state index >= 15 is 0 Å². The van der Waals surface area contributed by atoms with Gasteiger partial charge in [0, 0.05) is 0 Å². The lowest BCUT2D eigenvalue weighted by Gasteiger charge is -2.26. The first-order chi connectivity index (χ1) is 15.3. The van der Waals surface area contributed by atoms with E-state index < -0.39 is 0 Å². The Bertz CT molecular complexity index is 407. The Hall–Kier alpha value is -0.560. The fraction of sp³-hybridized carbons (Fsp3) is 0.867. The topological polar surface area (TPSA) is 9.23 Å². The van der Waals surface area contributed by atoms with Gasteiger partial charge in [-0.1, -0.05) is 102 Å². The van der Waals surface area contributed by atoms with E-state index in [-0.39, 0.29) is 0 Å². The molecule has 2 aliphatic carbocycles. The number of unbranched alkanes of at least 4 members (excludes halogenated alkanes) is 6. The van der Waals surface area contributed by atoms with Crippen molar-refractivity contribution in [2.45, 2.75) is 129 Å². The van der Waals surface area contributed by atoms with Gasteiger partial charge in [0.15, 0.2) is 0 Å². The summed E-state index contributed by atoms with van der Waals surface area (Å²) in [7, 11) is 0. The molecular formula is C30H54O. The van der Waals surface area contributed by atoms with Crippen molar-refractivity contribution in [2.24, 2.45) is 23.7 Å². The molecule has 0 amide bonds. The Morgan fingerprint density at radius 1 is 0.548 bits per heavy atom. The van der Waals surface area contributed by atoms with Crippen LogP contribution in [0.25, 0.3) is 0 Å². The lowest BCUT2D eigenvalue weighted by atomic mass is 9.79. The number of hydrogen-bond acceptors (Lipinski definition) is 1. The molecule has 0 radical (unpaired) electrons. The second kappa shape index (κ2) is 17.9. The minimum Gasteiger partial charge on any atom is -0.373 e. The van der Waals surface area contributed by atoms with Gasteiger partial charge in [-0.15, -0.1) is 0 Å². The molecule has 1 nitrogen and oxygen atoms in total. The summed E-state index contributed by atoms with van der Waals surface area (Å²) in [4.78, 5) is 0. The highest BCUT2D eigenvalue weighted by atomic mass is 16.5. The first-order valence-electron chi connectivity index (χ1n) is 14.2. The predicted octanol–water partition coefficient (Wildman–Crippen LogP) is 9.67. The standard InChI is InChI=1S/C30H54O/c1-3-5-7-9-13-27-17-21-29(22-18-27)15-11-25-31-26-12-16-30-23-19-28(20-24-30)14-10-8-6-4-2/h11-12,15-16,27-30H,3-10,13-14,17-26H2,1-2H3/b15-11+,16-12+/t27-,28-,29-,30-. The van der Waals surface area contributed by atoms with Crippen molar-refractivity contribution in [2.75, 3.05) is 13.2 Å². The van der Waals surface area contributed by atoms with E-state index in [0.29, 0.717) is 0 Å². The molecule has 180 valence electrons. The minimum atomic E-state index is 0.784. The van der Waals surface area contributed by atoms with Crippen LogP contribution < -0.4 is 0 Å². The van der Waals surface area contributed by atoms with Crippen LogP contribution in [0.2, 0.25) is 0 Å². The third-order valence-corrected chi connectivity index (χ3v) is 7.96. The number of allylic oxidation sites excluding steroid dienone is 2. The summed E-state index contributed by atoms with van der Waals surface area (Å²) in [5, 5.41) is 0. The van der Waals surface area contributed by atoms with Gasteiger partial charge >= 0.3 is 0 Å². The van der Waals surface area contributed by atoms with Crippen molar-refractivity contribution in [1.29, 1.82) is 0 Å². The van der Waals surface area contributed by atoms with Gasteiger partial charge in [0.2, 0.25) is 0 Å². The summed E-state index contributed by atoms with van der Waals surface area (Å²) >= 11 is 0. The Labute approximate surface area is 195 Å². The SMILES string of the molecule is CCCCCC[C@H]1CC[C@H](/C=C/COC/C=C/[C@H]2CC[C@H](CCCCCC)CC2)CC1. The highest BCUT2D eigenvalue weighted by molar-refractivity contribution is 4.93. The molecule has 0 aromatic carbocycles. The van der Waals surface area contributed by atoms with E-state index in [2.05, 4.69) is 38.2 Å².